The predicted octanol–water partition coefficient (Wildman–Crippen LogP) is 4.08. The van der Waals surface area contributed by atoms with Gasteiger partial charge in [0.15, 0.2) is 6.40 Å². The molecule has 0 saturated carbocycles. The average Bonchev–Trinajstić information content (AvgIpc) is 2.33. The minimum Gasteiger partial charge on any atom is -0.446 e. The van der Waals surface area contributed by atoms with Gasteiger partial charge in [0.2, 0.25) is 0 Å². The fourth-order valence-corrected chi connectivity index (χ4v) is 1.38. The van der Waals surface area contributed by atoms with Crippen LogP contribution in [0.1, 0.15) is 0 Å². The van der Waals surface area contributed by atoms with Gasteiger partial charge in [0.05, 0.1) is 10.7 Å². The summed E-state index contributed by atoms with van der Waals surface area (Å²) >= 11 is 5.94. The Bertz CT molecular complexity index is 482. The molecule has 2 aromatic carbocycles. The van der Waals surface area contributed by atoms with Gasteiger partial charge in [0.25, 0.3) is 0 Å². The van der Waals surface area contributed by atoms with E-state index in [1.165, 1.54) is 6.40 Å². The summed E-state index contributed by atoms with van der Waals surface area (Å²) in [5.41, 5.74) is 0.695. The van der Waals surface area contributed by atoms with Gasteiger partial charge in [0.1, 0.15) is 5.75 Å². The fourth-order valence-electron chi connectivity index (χ4n) is 1.20. The molecule has 16 heavy (non-hydrogen) atoms. The Labute approximate surface area is 99.2 Å². The predicted molar refractivity (Wildman–Crippen MR) is 66.7 cm³/mol. The number of rotatable bonds is 3. The van der Waals surface area contributed by atoms with Crippen molar-refractivity contribution in [2.45, 2.75) is 0 Å². The molecule has 2 aromatic rings. The molecular formula is C13H10ClNO. The summed E-state index contributed by atoms with van der Waals surface area (Å²) in [6.07, 6.45) is 1.39. The van der Waals surface area contributed by atoms with Gasteiger partial charge in [-0.3, -0.25) is 0 Å². The molecule has 0 spiro atoms. The quantitative estimate of drug-likeness (QED) is 0.576. The number of aliphatic imine (C=N–C) groups is 1. The van der Waals surface area contributed by atoms with Crippen LogP contribution in [-0.2, 0) is 0 Å². The maximum absolute atomic E-state index is 5.94. The van der Waals surface area contributed by atoms with Crippen LogP contribution in [0.4, 0.5) is 5.69 Å². The van der Waals surface area contributed by atoms with Gasteiger partial charge in [-0.1, -0.05) is 41.9 Å². The zero-order valence-corrected chi connectivity index (χ0v) is 9.26. The van der Waals surface area contributed by atoms with E-state index in [2.05, 4.69) is 4.99 Å². The van der Waals surface area contributed by atoms with Gasteiger partial charge < -0.3 is 4.74 Å². The Morgan fingerprint density at radius 2 is 1.62 bits per heavy atom. The lowest BCUT2D eigenvalue weighted by atomic mass is 10.3. The second kappa shape index (κ2) is 5.33. The Balaban J connectivity index is 2.03. The molecule has 0 N–H and O–H groups in total. The highest BCUT2D eigenvalue weighted by Gasteiger charge is 1.94. The van der Waals surface area contributed by atoms with Crippen LogP contribution in [0.3, 0.4) is 0 Å². The molecule has 3 heteroatoms. The van der Waals surface area contributed by atoms with Crippen LogP contribution < -0.4 is 4.74 Å². The van der Waals surface area contributed by atoms with Crippen molar-refractivity contribution in [2.75, 3.05) is 0 Å². The van der Waals surface area contributed by atoms with Crippen LogP contribution in [0.15, 0.2) is 59.6 Å². The lowest BCUT2D eigenvalue weighted by Gasteiger charge is -1.98. The van der Waals surface area contributed by atoms with Crippen molar-refractivity contribution in [3.05, 3.63) is 59.6 Å². The van der Waals surface area contributed by atoms with Gasteiger partial charge in [-0.05, 0) is 24.3 Å². The SMILES string of the molecule is Clc1ccccc1N=COc1ccccc1. The number of ether oxygens (including phenoxy) is 1. The molecule has 80 valence electrons. The van der Waals surface area contributed by atoms with E-state index in [4.69, 9.17) is 16.3 Å². The van der Waals surface area contributed by atoms with Crippen LogP contribution >= 0.6 is 11.6 Å². The van der Waals surface area contributed by atoms with Gasteiger partial charge in [-0.2, -0.15) is 0 Å². The number of para-hydroxylation sites is 2. The van der Waals surface area contributed by atoms with Crippen LogP contribution in [0, 0.1) is 0 Å². The van der Waals surface area contributed by atoms with Crippen molar-refractivity contribution >= 4 is 23.7 Å². The molecular weight excluding hydrogens is 222 g/mol. The molecule has 0 fully saturated rings. The molecule has 0 heterocycles. The first kappa shape index (κ1) is 10.7. The first-order chi connectivity index (χ1) is 7.86. The van der Waals surface area contributed by atoms with Crippen molar-refractivity contribution < 1.29 is 4.74 Å². The van der Waals surface area contributed by atoms with Crippen LogP contribution in [0.5, 0.6) is 5.75 Å². The summed E-state index contributed by atoms with van der Waals surface area (Å²) in [5.74, 6) is 0.748. The van der Waals surface area contributed by atoms with E-state index in [1.54, 1.807) is 6.07 Å². The highest BCUT2D eigenvalue weighted by Crippen LogP contribution is 2.23. The third-order valence-corrected chi connectivity index (χ3v) is 2.30. The first-order valence-corrected chi connectivity index (χ1v) is 5.23. The Morgan fingerprint density at radius 1 is 0.938 bits per heavy atom. The van der Waals surface area contributed by atoms with E-state index >= 15 is 0 Å². The third-order valence-electron chi connectivity index (χ3n) is 1.98. The summed E-state index contributed by atoms with van der Waals surface area (Å²) < 4.78 is 5.31. The van der Waals surface area contributed by atoms with Crippen molar-refractivity contribution in [1.82, 2.24) is 0 Å². The molecule has 0 aliphatic carbocycles. The van der Waals surface area contributed by atoms with E-state index in [-0.39, 0.29) is 0 Å². The molecule has 0 saturated heterocycles. The van der Waals surface area contributed by atoms with E-state index in [0.29, 0.717) is 10.7 Å². The van der Waals surface area contributed by atoms with Crippen molar-refractivity contribution in [2.24, 2.45) is 4.99 Å². The number of hydrogen-bond acceptors (Lipinski definition) is 2. The monoisotopic (exact) mass is 231 g/mol. The minimum atomic E-state index is 0.607. The molecule has 0 atom stereocenters. The first-order valence-electron chi connectivity index (χ1n) is 4.85. The largest absolute Gasteiger partial charge is 0.446 e. The molecule has 0 amide bonds. The van der Waals surface area contributed by atoms with Crippen molar-refractivity contribution in [3.8, 4) is 5.75 Å². The highest BCUT2D eigenvalue weighted by molar-refractivity contribution is 6.33. The van der Waals surface area contributed by atoms with Crippen LogP contribution in [0.2, 0.25) is 5.02 Å². The molecule has 0 radical (unpaired) electrons. The lowest BCUT2D eigenvalue weighted by molar-refractivity contribution is 0.574. The minimum absolute atomic E-state index is 0.607. The summed E-state index contributed by atoms with van der Waals surface area (Å²) in [7, 11) is 0. The fraction of sp³-hybridized carbons (Fsp3) is 0. The second-order valence-electron chi connectivity index (χ2n) is 3.12. The lowest BCUT2D eigenvalue weighted by Crippen LogP contribution is -1.88. The third kappa shape index (κ3) is 2.84. The van der Waals surface area contributed by atoms with Crippen molar-refractivity contribution in [3.63, 3.8) is 0 Å². The topological polar surface area (TPSA) is 21.6 Å². The molecule has 2 nitrogen and oxygen atoms in total. The Kier molecular flexibility index (Phi) is 3.57. The number of hydrogen-bond donors (Lipinski definition) is 0. The highest BCUT2D eigenvalue weighted by atomic mass is 35.5. The Hall–Kier alpha value is -1.80. The summed E-state index contributed by atoms with van der Waals surface area (Å²) in [6.45, 7) is 0. The molecule has 0 unspecified atom stereocenters. The maximum atomic E-state index is 5.94. The van der Waals surface area contributed by atoms with Gasteiger partial charge in [-0.25, -0.2) is 4.99 Å². The maximum Gasteiger partial charge on any atom is 0.181 e. The standard InChI is InChI=1S/C13H10ClNO/c14-12-8-4-5-9-13(12)15-10-16-11-6-2-1-3-7-11/h1-10H. The van der Waals surface area contributed by atoms with Crippen LogP contribution in [-0.4, -0.2) is 6.40 Å². The van der Waals surface area contributed by atoms with E-state index < -0.39 is 0 Å². The molecule has 0 aromatic heterocycles. The van der Waals surface area contributed by atoms with Gasteiger partial charge >= 0.3 is 0 Å². The van der Waals surface area contributed by atoms with Crippen LogP contribution in [0.25, 0.3) is 0 Å². The zero-order chi connectivity index (χ0) is 11.2. The van der Waals surface area contributed by atoms with Gasteiger partial charge in [-0.15, -0.1) is 0 Å². The summed E-state index contributed by atoms with van der Waals surface area (Å²) in [6, 6.07) is 16.8. The number of benzene rings is 2. The molecule has 0 bridgehead atoms. The summed E-state index contributed by atoms with van der Waals surface area (Å²) in [4.78, 5) is 4.12. The average molecular weight is 232 g/mol. The van der Waals surface area contributed by atoms with E-state index in [9.17, 15) is 0 Å². The summed E-state index contributed by atoms with van der Waals surface area (Å²) in [5, 5.41) is 0.607. The van der Waals surface area contributed by atoms with Gasteiger partial charge in [0, 0.05) is 0 Å². The Morgan fingerprint density at radius 3 is 2.38 bits per heavy atom. The second-order valence-corrected chi connectivity index (χ2v) is 3.52. The van der Waals surface area contributed by atoms with Crippen molar-refractivity contribution in [1.29, 1.82) is 0 Å². The molecule has 0 aliphatic rings. The molecule has 0 aliphatic heterocycles. The molecule has 2 rings (SSSR count). The smallest absolute Gasteiger partial charge is 0.181 e. The van der Waals surface area contributed by atoms with E-state index in [1.807, 2.05) is 48.5 Å². The number of nitrogens with zero attached hydrogens (tertiary/aromatic N) is 1. The normalized spacial score (nSPS) is 10.6. The van der Waals surface area contributed by atoms with E-state index in [0.717, 1.165) is 5.75 Å². The number of halogens is 1. The zero-order valence-electron chi connectivity index (χ0n) is 8.51.